The second kappa shape index (κ2) is 11.5. The molecule has 3 heterocycles. The van der Waals surface area contributed by atoms with E-state index in [2.05, 4.69) is 22.0 Å². The van der Waals surface area contributed by atoms with E-state index in [1.165, 1.54) is 36.3 Å². The summed E-state index contributed by atoms with van der Waals surface area (Å²) in [5.41, 5.74) is 3.47. The summed E-state index contributed by atoms with van der Waals surface area (Å²) in [6.45, 7) is 5.90. The number of carbonyl (C=O) groups is 1. The molecule has 0 N–H and O–H groups in total. The maximum absolute atomic E-state index is 13.9. The number of hydrogen-bond donors (Lipinski definition) is 0. The van der Waals surface area contributed by atoms with Gasteiger partial charge < -0.3 is 19.1 Å². The van der Waals surface area contributed by atoms with Gasteiger partial charge in [0.1, 0.15) is 0 Å². The molecule has 5 rings (SSSR count). The zero-order valence-electron chi connectivity index (χ0n) is 22.7. The number of fused-ring (bicyclic) bond motifs is 1. The van der Waals surface area contributed by atoms with Gasteiger partial charge in [-0.05, 0) is 74.6 Å². The lowest BCUT2D eigenvalue weighted by Gasteiger charge is -2.28. The number of rotatable bonds is 7. The molecule has 0 aliphatic carbocycles. The maximum Gasteiger partial charge on any atom is 0.338 e. The highest BCUT2D eigenvalue weighted by Gasteiger charge is 2.34. The number of allylic oxidation sites excluding steroid dienone is 1. The highest BCUT2D eigenvalue weighted by atomic mass is 32.1. The molecule has 3 aromatic rings. The van der Waals surface area contributed by atoms with Gasteiger partial charge in [0.05, 0.1) is 42.7 Å². The molecule has 0 saturated carbocycles. The van der Waals surface area contributed by atoms with E-state index in [0.29, 0.717) is 37.7 Å². The van der Waals surface area contributed by atoms with Crippen LogP contribution in [0.25, 0.3) is 6.08 Å². The van der Waals surface area contributed by atoms with E-state index >= 15 is 0 Å². The van der Waals surface area contributed by atoms with Crippen molar-refractivity contribution < 1.29 is 19.0 Å². The van der Waals surface area contributed by atoms with Crippen molar-refractivity contribution in [3.8, 4) is 11.5 Å². The number of aromatic nitrogens is 1. The average Bonchev–Trinajstić information content (AvgIpc) is 3.26. The first-order valence-corrected chi connectivity index (χ1v) is 14.0. The standard InChI is InChI=1S/C30H33N3O5S/c1-5-38-29(35)26-19(2)31-30-33(27(26)21-11-14-23(36-3)24(18-21)37-4)28(34)25(39-30)17-20-9-12-22(13-10-20)32-15-7-6-8-16-32/h9-14,17-18,27H,5-8,15-16H2,1-4H3/b25-17+/t27-/m0/s1. The Morgan fingerprint density at radius 1 is 1.05 bits per heavy atom. The molecule has 39 heavy (non-hydrogen) atoms. The highest BCUT2D eigenvalue weighted by molar-refractivity contribution is 7.07. The summed E-state index contributed by atoms with van der Waals surface area (Å²) in [6.07, 6.45) is 5.62. The molecule has 1 atom stereocenters. The van der Waals surface area contributed by atoms with Crippen LogP contribution in [0.4, 0.5) is 5.69 Å². The molecule has 0 radical (unpaired) electrons. The molecule has 0 unspecified atom stereocenters. The van der Waals surface area contributed by atoms with Crippen LogP contribution < -0.4 is 29.3 Å². The maximum atomic E-state index is 13.9. The van der Waals surface area contributed by atoms with E-state index in [-0.39, 0.29) is 12.2 Å². The van der Waals surface area contributed by atoms with E-state index in [1.807, 2.05) is 24.3 Å². The minimum atomic E-state index is -0.719. The van der Waals surface area contributed by atoms with Crippen LogP contribution >= 0.6 is 11.3 Å². The summed E-state index contributed by atoms with van der Waals surface area (Å²) >= 11 is 1.31. The average molecular weight is 548 g/mol. The number of nitrogens with zero attached hydrogens (tertiary/aromatic N) is 3. The van der Waals surface area contributed by atoms with Gasteiger partial charge >= 0.3 is 5.97 Å². The van der Waals surface area contributed by atoms with Gasteiger partial charge in [-0.1, -0.05) is 29.5 Å². The Morgan fingerprint density at radius 3 is 2.44 bits per heavy atom. The molecule has 0 spiro atoms. The Balaban J connectivity index is 1.61. The van der Waals surface area contributed by atoms with Crippen LogP contribution in [-0.2, 0) is 9.53 Å². The van der Waals surface area contributed by atoms with E-state index in [1.54, 1.807) is 44.8 Å². The summed E-state index contributed by atoms with van der Waals surface area (Å²) in [5.74, 6) is 0.560. The number of anilines is 1. The Kier molecular flexibility index (Phi) is 7.88. The van der Waals surface area contributed by atoms with E-state index in [9.17, 15) is 9.59 Å². The van der Waals surface area contributed by atoms with Crippen molar-refractivity contribution in [3.05, 3.63) is 84.5 Å². The second-order valence-electron chi connectivity index (χ2n) is 9.56. The molecule has 2 aromatic carbocycles. The summed E-state index contributed by atoms with van der Waals surface area (Å²) in [5, 5.41) is 0. The van der Waals surface area contributed by atoms with Gasteiger partial charge in [0.25, 0.3) is 5.56 Å². The zero-order valence-corrected chi connectivity index (χ0v) is 23.5. The van der Waals surface area contributed by atoms with Crippen molar-refractivity contribution in [1.82, 2.24) is 4.57 Å². The first-order valence-electron chi connectivity index (χ1n) is 13.2. The SMILES string of the molecule is CCOC(=O)C1=C(C)N=c2s/c(=C/c3ccc(N4CCCCC4)cc3)c(=O)n2[C@H]1c1ccc(OC)c(OC)c1. The molecule has 1 fully saturated rings. The Bertz CT molecular complexity index is 1580. The molecule has 0 bridgehead atoms. The number of hydrogen-bond acceptors (Lipinski definition) is 8. The molecule has 2 aliphatic rings. The van der Waals surface area contributed by atoms with Gasteiger partial charge in [-0.3, -0.25) is 9.36 Å². The number of thiazole rings is 1. The van der Waals surface area contributed by atoms with Crippen molar-refractivity contribution in [2.75, 3.05) is 38.8 Å². The third kappa shape index (κ3) is 5.23. The van der Waals surface area contributed by atoms with Crippen molar-refractivity contribution >= 4 is 29.1 Å². The lowest BCUT2D eigenvalue weighted by atomic mass is 9.95. The molecule has 1 aromatic heterocycles. The molecule has 0 amide bonds. The van der Waals surface area contributed by atoms with Crippen molar-refractivity contribution in [1.29, 1.82) is 0 Å². The first-order chi connectivity index (χ1) is 18.9. The molecule has 9 heteroatoms. The fourth-order valence-corrected chi connectivity index (χ4v) is 6.26. The Labute approximate surface area is 231 Å². The Morgan fingerprint density at radius 2 is 1.77 bits per heavy atom. The normalized spacial score (nSPS) is 17.5. The molecule has 8 nitrogen and oxygen atoms in total. The first kappa shape index (κ1) is 26.7. The third-order valence-corrected chi connectivity index (χ3v) is 8.14. The van der Waals surface area contributed by atoms with Crippen molar-refractivity contribution in [2.24, 2.45) is 4.99 Å². The minimum Gasteiger partial charge on any atom is -0.493 e. The largest absolute Gasteiger partial charge is 0.493 e. The lowest BCUT2D eigenvalue weighted by Crippen LogP contribution is -2.40. The summed E-state index contributed by atoms with van der Waals surface area (Å²) in [7, 11) is 3.12. The number of piperidine rings is 1. The topological polar surface area (TPSA) is 82.4 Å². The minimum absolute atomic E-state index is 0.214. The Hall–Kier alpha value is -3.85. The lowest BCUT2D eigenvalue weighted by molar-refractivity contribution is -0.139. The van der Waals surface area contributed by atoms with E-state index < -0.39 is 12.0 Å². The molecule has 1 saturated heterocycles. The van der Waals surface area contributed by atoms with Crippen molar-refractivity contribution in [2.45, 2.75) is 39.2 Å². The van der Waals surface area contributed by atoms with Gasteiger partial charge in [0.2, 0.25) is 0 Å². The van der Waals surface area contributed by atoms with Crippen LogP contribution in [0.1, 0.15) is 50.3 Å². The number of carbonyl (C=O) groups excluding carboxylic acids is 1. The zero-order chi connectivity index (χ0) is 27.5. The molecular weight excluding hydrogens is 514 g/mol. The highest BCUT2D eigenvalue weighted by Crippen LogP contribution is 2.36. The van der Waals surface area contributed by atoms with Crippen LogP contribution in [0.15, 0.2) is 63.5 Å². The van der Waals surface area contributed by atoms with Gasteiger partial charge in [-0.2, -0.15) is 0 Å². The van der Waals surface area contributed by atoms with Crippen LogP contribution in [0, 0.1) is 0 Å². The second-order valence-corrected chi connectivity index (χ2v) is 10.6. The van der Waals surface area contributed by atoms with Gasteiger partial charge in [-0.15, -0.1) is 0 Å². The summed E-state index contributed by atoms with van der Waals surface area (Å²) < 4.78 is 18.4. The number of esters is 1. The van der Waals surface area contributed by atoms with Gasteiger partial charge in [0.15, 0.2) is 16.3 Å². The van der Waals surface area contributed by atoms with Crippen molar-refractivity contribution in [3.63, 3.8) is 0 Å². The predicted molar refractivity (Wildman–Crippen MR) is 152 cm³/mol. The number of ether oxygens (including phenoxy) is 3. The smallest absolute Gasteiger partial charge is 0.338 e. The van der Waals surface area contributed by atoms with Gasteiger partial charge in [-0.25, -0.2) is 9.79 Å². The predicted octanol–water partition coefficient (Wildman–Crippen LogP) is 3.81. The summed E-state index contributed by atoms with van der Waals surface area (Å²) in [4.78, 5) is 34.6. The third-order valence-electron chi connectivity index (χ3n) is 7.15. The van der Waals surface area contributed by atoms with Crippen LogP contribution in [0.5, 0.6) is 11.5 Å². The quantitative estimate of drug-likeness (QED) is 0.419. The van der Waals surface area contributed by atoms with E-state index in [4.69, 9.17) is 14.2 Å². The van der Waals surface area contributed by atoms with Crippen LogP contribution in [0.3, 0.4) is 0 Å². The van der Waals surface area contributed by atoms with E-state index in [0.717, 1.165) is 18.7 Å². The van der Waals surface area contributed by atoms with Crippen LogP contribution in [0.2, 0.25) is 0 Å². The molecular formula is C30H33N3O5S. The van der Waals surface area contributed by atoms with Crippen LogP contribution in [-0.4, -0.2) is 44.5 Å². The fourth-order valence-electron chi connectivity index (χ4n) is 5.21. The number of benzene rings is 2. The summed E-state index contributed by atoms with van der Waals surface area (Å²) in [6, 6.07) is 13.0. The van der Waals surface area contributed by atoms with Gasteiger partial charge in [0, 0.05) is 18.8 Å². The monoisotopic (exact) mass is 547 g/mol. The molecule has 204 valence electrons. The number of methoxy groups -OCH3 is 2. The molecule has 2 aliphatic heterocycles. The fraction of sp³-hybridized carbons (Fsp3) is 0.367.